The molecule has 180 valence electrons. The first-order valence-electron chi connectivity index (χ1n) is 11.5. The van der Waals surface area contributed by atoms with Gasteiger partial charge in [0.05, 0.1) is 40.0 Å². The van der Waals surface area contributed by atoms with E-state index in [0.29, 0.717) is 35.6 Å². The van der Waals surface area contributed by atoms with Crippen molar-refractivity contribution < 1.29 is 33.8 Å². The predicted molar refractivity (Wildman–Crippen MR) is 123 cm³/mol. The van der Waals surface area contributed by atoms with Crippen molar-refractivity contribution in [2.45, 2.75) is 12.5 Å². The molecule has 8 heteroatoms. The molecular weight excluding hydrogens is 436 g/mol. The molecule has 2 aliphatic rings. The van der Waals surface area contributed by atoms with E-state index in [1.165, 1.54) is 24.0 Å². The second-order valence-corrected chi connectivity index (χ2v) is 8.41. The minimum Gasteiger partial charge on any atom is -0.872 e. The maximum atomic E-state index is 13.6. The lowest BCUT2D eigenvalue weighted by Gasteiger charge is -2.29. The maximum Gasteiger partial charge on any atom is 0.295 e. The smallest absolute Gasteiger partial charge is 0.295 e. The molecule has 0 spiro atoms. The highest BCUT2D eigenvalue weighted by atomic mass is 16.5. The van der Waals surface area contributed by atoms with E-state index >= 15 is 0 Å². The summed E-state index contributed by atoms with van der Waals surface area (Å²) < 4.78 is 16.2. The van der Waals surface area contributed by atoms with Crippen molar-refractivity contribution in [1.82, 2.24) is 4.90 Å². The van der Waals surface area contributed by atoms with Crippen LogP contribution in [-0.2, 0) is 14.3 Å². The third kappa shape index (κ3) is 4.78. The zero-order valence-electron chi connectivity index (χ0n) is 19.5. The summed E-state index contributed by atoms with van der Waals surface area (Å²) in [7, 11) is 3.05. The number of hydrogen-bond donors (Lipinski definition) is 1. The largest absolute Gasteiger partial charge is 0.872 e. The summed E-state index contributed by atoms with van der Waals surface area (Å²) in [4.78, 5) is 29.3. The van der Waals surface area contributed by atoms with E-state index in [1.807, 2.05) is 12.1 Å². The van der Waals surface area contributed by atoms with Gasteiger partial charge in [0.1, 0.15) is 24.6 Å². The van der Waals surface area contributed by atoms with Crippen molar-refractivity contribution in [3.05, 3.63) is 65.2 Å². The summed E-state index contributed by atoms with van der Waals surface area (Å²) in [6.45, 7) is 4.54. The lowest BCUT2D eigenvalue weighted by atomic mass is 9.94. The monoisotopic (exact) mass is 466 g/mol. The Morgan fingerprint density at radius 3 is 2.59 bits per heavy atom. The summed E-state index contributed by atoms with van der Waals surface area (Å²) in [5.74, 6) is -0.867. The molecule has 2 fully saturated rings. The lowest BCUT2D eigenvalue weighted by molar-refractivity contribution is -0.908. The number of ether oxygens (including phenoxy) is 3. The van der Waals surface area contributed by atoms with Gasteiger partial charge in [-0.2, -0.15) is 0 Å². The van der Waals surface area contributed by atoms with Gasteiger partial charge in [0.25, 0.3) is 5.91 Å². The van der Waals surface area contributed by atoms with Crippen molar-refractivity contribution in [3.8, 4) is 11.5 Å². The number of para-hydroxylation sites is 1. The Labute approximate surface area is 199 Å². The number of carbonyl (C=O) groups is 2. The number of benzene rings is 2. The molecule has 34 heavy (non-hydrogen) atoms. The predicted octanol–water partition coefficient (Wildman–Crippen LogP) is 0.233. The molecule has 0 saturated carbocycles. The van der Waals surface area contributed by atoms with Gasteiger partial charge in [0, 0.05) is 24.1 Å². The molecule has 0 radical (unpaired) electrons. The van der Waals surface area contributed by atoms with E-state index in [2.05, 4.69) is 0 Å². The van der Waals surface area contributed by atoms with Gasteiger partial charge in [-0.15, -0.1) is 0 Å². The Bertz CT molecular complexity index is 1080. The maximum absolute atomic E-state index is 13.6. The average molecular weight is 467 g/mol. The van der Waals surface area contributed by atoms with Crippen LogP contribution >= 0.6 is 0 Å². The molecule has 1 N–H and O–H groups in total. The van der Waals surface area contributed by atoms with E-state index in [4.69, 9.17) is 14.2 Å². The third-order valence-corrected chi connectivity index (χ3v) is 6.42. The first kappa shape index (κ1) is 23.8. The van der Waals surface area contributed by atoms with Crippen molar-refractivity contribution in [1.29, 1.82) is 0 Å². The average Bonchev–Trinajstić information content (AvgIpc) is 3.13. The number of ketones is 1. The van der Waals surface area contributed by atoms with Gasteiger partial charge in [-0.05, 0) is 23.8 Å². The molecule has 0 aliphatic carbocycles. The fourth-order valence-electron chi connectivity index (χ4n) is 4.65. The highest BCUT2D eigenvalue weighted by Gasteiger charge is 2.45. The van der Waals surface area contributed by atoms with E-state index in [1.54, 1.807) is 36.4 Å². The molecular formula is C26H30N2O6. The van der Waals surface area contributed by atoms with Gasteiger partial charge in [0.2, 0.25) is 5.78 Å². The van der Waals surface area contributed by atoms with E-state index in [9.17, 15) is 14.7 Å². The first-order valence-corrected chi connectivity index (χ1v) is 11.5. The zero-order valence-corrected chi connectivity index (χ0v) is 19.5. The van der Waals surface area contributed by atoms with Crippen LogP contribution in [-0.4, -0.2) is 70.2 Å². The van der Waals surface area contributed by atoms with E-state index in [0.717, 1.165) is 32.8 Å². The van der Waals surface area contributed by atoms with Crippen LogP contribution in [0.2, 0.25) is 0 Å². The van der Waals surface area contributed by atoms with Gasteiger partial charge in [-0.25, -0.2) is 0 Å². The fraction of sp³-hybridized carbons (Fsp3) is 0.385. The Morgan fingerprint density at radius 1 is 1.09 bits per heavy atom. The molecule has 2 aromatic carbocycles. The molecule has 0 bridgehead atoms. The molecule has 2 heterocycles. The molecule has 0 aromatic heterocycles. The van der Waals surface area contributed by atoms with Crippen molar-refractivity contribution in [2.75, 3.05) is 53.6 Å². The number of quaternary nitrogens is 1. The summed E-state index contributed by atoms with van der Waals surface area (Å²) >= 11 is 0. The standard InChI is InChI=1S/C26H30N2O6/c1-32-19-8-5-7-18(17-19)24(29)22-23(20-9-3-4-10-21(20)33-2)28(26(31)25(22)30)12-6-11-27-13-15-34-16-14-27/h3-5,7-10,17,23,29H,6,11-16H2,1-2H3/b24-22+. The van der Waals surface area contributed by atoms with Crippen LogP contribution in [0.15, 0.2) is 54.1 Å². The minimum absolute atomic E-state index is 0.0542. The fourth-order valence-corrected chi connectivity index (χ4v) is 4.65. The number of rotatable bonds is 8. The number of likely N-dealkylation sites (tertiary alicyclic amines) is 1. The van der Waals surface area contributed by atoms with Gasteiger partial charge in [-0.1, -0.05) is 36.1 Å². The van der Waals surface area contributed by atoms with Crippen molar-refractivity contribution in [2.24, 2.45) is 0 Å². The van der Waals surface area contributed by atoms with Gasteiger partial charge < -0.3 is 29.1 Å². The van der Waals surface area contributed by atoms with Crippen LogP contribution in [0.3, 0.4) is 0 Å². The van der Waals surface area contributed by atoms with E-state index in [-0.39, 0.29) is 5.57 Å². The number of methoxy groups -OCH3 is 2. The number of nitrogens with zero attached hydrogens (tertiary/aromatic N) is 1. The summed E-state index contributed by atoms with van der Waals surface area (Å²) in [6.07, 6.45) is 0.709. The second-order valence-electron chi connectivity index (χ2n) is 8.41. The van der Waals surface area contributed by atoms with Crippen LogP contribution in [0.25, 0.3) is 5.76 Å². The number of Topliss-reactive ketones (excluding diaryl/α,β-unsaturated/α-hetero) is 1. The van der Waals surface area contributed by atoms with Gasteiger partial charge >= 0.3 is 0 Å². The molecule has 8 nitrogen and oxygen atoms in total. The molecule has 1 atom stereocenters. The summed E-state index contributed by atoms with van der Waals surface area (Å²) in [5.41, 5.74) is 0.866. The van der Waals surface area contributed by atoms with Gasteiger partial charge in [0.15, 0.2) is 0 Å². The molecule has 2 aliphatic heterocycles. The molecule has 1 amide bonds. The highest BCUT2D eigenvalue weighted by molar-refractivity contribution is 6.46. The molecule has 1 unspecified atom stereocenters. The van der Waals surface area contributed by atoms with Crippen LogP contribution in [0.1, 0.15) is 23.6 Å². The number of carbonyl (C=O) groups excluding carboxylic acids is 2. The first-order chi connectivity index (χ1) is 16.5. The van der Waals surface area contributed by atoms with Gasteiger partial charge in [-0.3, -0.25) is 9.59 Å². The lowest BCUT2D eigenvalue weighted by Crippen LogP contribution is -3.14. The summed E-state index contributed by atoms with van der Waals surface area (Å²) in [5, 5.41) is 13.6. The quantitative estimate of drug-likeness (QED) is 0.340. The van der Waals surface area contributed by atoms with Crippen molar-refractivity contribution >= 4 is 17.4 Å². The number of hydrogen-bond acceptors (Lipinski definition) is 6. The Morgan fingerprint density at radius 2 is 1.85 bits per heavy atom. The Hall–Kier alpha value is -3.36. The molecule has 4 rings (SSSR count). The van der Waals surface area contributed by atoms with Crippen LogP contribution < -0.4 is 19.5 Å². The van der Waals surface area contributed by atoms with Crippen LogP contribution in [0.5, 0.6) is 11.5 Å². The number of nitrogens with one attached hydrogen (secondary N) is 1. The second kappa shape index (κ2) is 10.7. The Balaban J connectivity index is 1.72. The van der Waals surface area contributed by atoms with E-state index < -0.39 is 23.5 Å². The Kier molecular flexibility index (Phi) is 7.49. The third-order valence-electron chi connectivity index (χ3n) is 6.42. The van der Waals surface area contributed by atoms with Crippen molar-refractivity contribution in [3.63, 3.8) is 0 Å². The normalized spacial score (nSPS) is 20.5. The molecule has 2 saturated heterocycles. The minimum atomic E-state index is -0.811. The number of morpholine rings is 1. The highest BCUT2D eigenvalue weighted by Crippen LogP contribution is 2.42. The topological polar surface area (TPSA) is 92.6 Å². The van der Waals surface area contributed by atoms with Crippen LogP contribution in [0, 0.1) is 0 Å². The SMILES string of the molecule is COc1cccc(/C([O-])=C2\C(=O)C(=O)N(CCC[NH+]3CCOCC3)C2c2ccccc2OC)c1. The van der Waals surface area contributed by atoms with Crippen LogP contribution in [0.4, 0.5) is 0 Å². The zero-order chi connectivity index (χ0) is 24.1. The molecule has 2 aromatic rings. The number of amides is 1. The summed E-state index contributed by atoms with van der Waals surface area (Å²) in [6, 6.07) is 13.0.